The number of aliphatic hydroxyl groups is 1. The monoisotopic (exact) mass is 632 g/mol. The smallest absolute Gasteiger partial charge is 0.142 e. The van der Waals surface area contributed by atoms with E-state index in [1.54, 1.807) is 19.2 Å². The van der Waals surface area contributed by atoms with Crippen LogP contribution in [0.5, 0.6) is 5.75 Å². The van der Waals surface area contributed by atoms with E-state index < -0.39 is 6.10 Å². The topological polar surface area (TPSA) is 46.4 Å². The molecule has 0 unspecified atom stereocenters. The fourth-order valence-electron chi connectivity index (χ4n) is 3.57. The highest BCUT2D eigenvalue weighted by molar-refractivity contribution is 14.1. The third-order valence-electron chi connectivity index (χ3n) is 4.87. The molecule has 150 valence electrons. The molecule has 0 radical (unpaired) electrons. The zero-order chi connectivity index (χ0) is 20.5. The van der Waals surface area contributed by atoms with Gasteiger partial charge in [-0.05, 0) is 99.8 Å². The molecule has 4 nitrogen and oxygen atoms in total. The number of benzene rings is 3. The first-order valence-corrected chi connectivity index (χ1v) is 11.6. The Bertz CT molecular complexity index is 1130. The second-order valence-electron chi connectivity index (χ2n) is 6.81. The van der Waals surface area contributed by atoms with Gasteiger partial charge in [0.15, 0.2) is 0 Å². The van der Waals surface area contributed by atoms with Gasteiger partial charge in [0.25, 0.3) is 0 Å². The summed E-state index contributed by atoms with van der Waals surface area (Å²) < 4.78 is 9.95. The molecule has 0 amide bonds. The van der Waals surface area contributed by atoms with Gasteiger partial charge in [-0.25, -0.2) is 0 Å². The fraction of sp³-hybridized carbons (Fsp3) is 0.182. The number of hydrogen-bond acceptors (Lipinski definition) is 3. The van der Waals surface area contributed by atoms with Gasteiger partial charge in [-0.1, -0.05) is 11.6 Å². The highest BCUT2D eigenvalue weighted by atomic mass is 127. The van der Waals surface area contributed by atoms with Crippen LogP contribution in [0.3, 0.4) is 0 Å². The van der Waals surface area contributed by atoms with E-state index in [1.807, 2.05) is 6.07 Å². The maximum Gasteiger partial charge on any atom is 0.142 e. The first-order valence-electron chi connectivity index (χ1n) is 9.09. The third kappa shape index (κ3) is 4.45. The van der Waals surface area contributed by atoms with Crippen molar-refractivity contribution in [2.24, 2.45) is 0 Å². The Morgan fingerprint density at radius 1 is 1.00 bits per heavy atom. The van der Waals surface area contributed by atoms with Crippen LogP contribution in [0, 0.1) is 7.14 Å². The number of nitrogens with zero attached hydrogens (tertiary/aromatic N) is 1. The van der Waals surface area contributed by atoms with Gasteiger partial charge in [0.2, 0.25) is 0 Å². The molecular formula is C22H19ClI2N2O2. The van der Waals surface area contributed by atoms with Crippen molar-refractivity contribution in [3.63, 3.8) is 0 Å². The molecule has 0 aliphatic rings. The van der Waals surface area contributed by atoms with E-state index >= 15 is 0 Å². The van der Waals surface area contributed by atoms with Crippen molar-refractivity contribution in [1.29, 1.82) is 0 Å². The quantitative estimate of drug-likeness (QED) is 0.251. The SMILES string of the molecule is COc1ccc(Cl)cc1NC[C@H](O)Cn1c2ccc(I)cc2c2cc(I)ccc21. The van der Waals surface area contributed by atoms with E-state index in [1.165, 1.54) is 17.9 Å². The largest absolute Gasteiger partial charge is 0.495 e. The molecule has 29 heavy (non-hydrogen) atoms. The number of methoxy groups -OCH3 is 1. The van der Waals surface area contributed by atoms with E-state index in [2.05, 4.69) is 91.5 Å². The number of rotatable bonds is 6. The Hall–Kier alpha value is -1.23. The van der Waals surface area contributed by atoms with E-state index in [0.717, 1.165) is 16.7 Å². The van der Waals surface area contributed by atoms with Crippen molar-refractivity contribution in [1.82, 2.24) is 4.57 Å². The Morgan fingerprint density at radius 2 is 1.62 bits per heavy atom. The maximum absolute atomic E-state index is 10.8. The van der Waals surface area contributed by atoms with Gasteiger partial charge in [0.1, 0.15) is 5.75 Å². The number of ether oxygens (including phenoxy) is 1. The van der Waals surface area contributed by atoms with Gasteiger partial charge in [-0.3, -0.25) is 0 Å². The van der Waals surface area contributed by atoms with Gasteiger partial charge < -0.3 is 19.7 Å². The normalized spacial score (nSPS) is 12.4. The summed E-state index contributed by atoms with van der Waals surface area (Å²) in [5.41, 5.74) is 3.02. The van der Waals surface area contributed by atoms with Crippen LogP contribution < -0.4 is 10.1 Å². The predicted octanol–water partition coefficient (Wildman–Crippen LogP) is 6.14. The summed E-state index contributed by atoms with van der Waals surface area (Å²) in [6, 6.07) is 18.3. The molecule has 0 saturated carbocycles. The number of aliphatic hydroxyl groups excluding tert-OH is 1. The number of anilines is 1. The maximum atomic E-state index is 10.8. The summed E-state index contributed by atoms with van der Waals surface area (Å²) >= 11 is 10.8. The van der Waals surface area contributed by atoms with Crippen LogP contribution in [0.15, 0.2) is 54.6 Å². The minimum absolute atomic E-state index is 0.382. The Balaban J connectivity index is 1.63. The third-order valence-corrected chi connectivity index (χ3v) is 6.45. The molecule has 7 heteroatoms. The summed E-state index contributed by atoms with van der Waals surface area (Å²) in [5.74, 6) is 0.697. The van der Waals surface area contributed by atoms with Crippen LogP contribution in [0.4, 0.5) is 5.69 Å². The van der Waals surface area contributed by atoms with Crippen LogP contribution in [-0.2, 0) is 6.54 Å². The zero-order valence-electron chi connectivity index (χ0n) is 15.6. The van der Waals surface area contributed by atoms with Gasteiger partial charge in [-0.2, -0.15) is 0 Å². The molecule has 1 atom stereocenters. The summed E-state index contributed by atoms with van der Waals surface area (Å²) in [4.78, 5) is 0. The highest BCUT2D eigenvalue weighted by Crippen LogP contribution is 2.32. The summed E-state index contributed by atoms with van der Waals surface area (Å²) in [7, 11) is 1.62. The predicted molar refractivity (Wildman–Crippen MR) is 137 cm³/mol. The molecule has 0 saturated heterocycles. The van der Waals surface area contributed by atoms with Crippen LogP contribution in [-0.4, -0.2) is 29.4 Å². The van der Waals surface area contributed by atoms with Crippen molar-refractivity contribution in [3.05, 3.63) is 66.8 Å². The summed E-state index contributed by atoms with van der Waals surface area (Å²) in [5, 5.41) is 17.1. The Morgan fingerprint density at radius 3 is 2.21 bits per heavy atom. The molecular weight excluding hydrogens is 614 g/mol. The molecule has 1 heterocycles. The van der Waals surface area contributed by atoms with Crippen molar-refractivity contribution in [2.45, 2.75) is 12.6 Å². The molecule has 3 aromatic carbocycles. The van der Waals surface area contributed by atoms with Crippen LogP contribution in [0.25, 0.3) is 21.8 Å². The van der Waals surface area contributed by atoms with E-state index in [4.69, 9.17) is 16.3 Å². The van der Waals surface area contributed by atoms with Crippen molar-refractivity contribution < 1.29 is 9.84 Å². The number of nitrogens with one attached hydrogen (secondary N) is 1. The number of fused-ring (bicyclic) bond motifs is 3. The second kappa shape index (κ2) is 8.87. The average Bonchev–Trinajstić information content (AvgIpc) is 2.98. The number of hydrogen-bond donors (Lipinski definition) is 2. The minimum atomic E-state index is -0.587. The van der Waals surface area contributed by atoms with Gasteiger partial charge in [0.05, 0.1) is 25.4 Å². The molecule has 1 aromatic heterocycles. The molecule has 0 fully saturated rings. The van der Waals surface area contributed by atoms with Crippen molar-refractivity contribution in [3.8, 4) is 5.75 Å². The zero-order valence-corrected chi connectivity index (χ0v) is 20.7. The average molecular weight is 633 g/mol. The van der Waals surface area contributed by atoms with E-state index in [9.17, 15) is 5.11 Å². The number of halogens is 3. The van der Waals surface area contributed by atoms with Crippen LogP contribution in [0.2, 0.25) is 5.02 Å². The summed E-state index contributed by atoms with van der Waals surface area (Å²) in [6.07, 6.45) is -0.587. The lowest BCUT2D eigenvalue weighted by atomic mass is 10.2. The van der Waals surface area contributed by atoms with E-state index in [0.29, 0.717) is 23.9 Å². The van der Waals surface area contributed by atoms with Crippen LogP contribution in [0.1, 0.15) is 0 Å². The van der Waals surface area contributed by atoms with Crippen molar-refractivity contribution >= 4 is 84.3 Å². The molecule has 0 aliphatic heterocycles. The Kier molecular flexibility index (Phi) is 6.43. The van der Waals surface area contributed by atoms with Crippen LogP contribution >= 0.6 is 56.8 Å². The highest BCUT2D eigenvalue weighted by Gasteiger charge is 2.15. The molecule has 0 aliphatic carbocycles. The van der Waals surface area contributed by atoms with Crippen molar-refractivity contribution in [2.75, 3.05) is 19.0 Å². The van der Waals surface area contributed by atoms with Gasteiger partial charge in [-0.15, -0.1) is 0 Å². The molecule has 4 rings (SSSR count). The lowest BCUT2D eigenvalue weighted by Crippen LogP contribution is -2.25. The number of aromatic nitrogens is 1. The molecule has 2 N–H and O–H groups in total. The molecule has 0 spiro atoms. The standard InChI is InChI=1S/C22H19ClI2N2O2/c1-29-22-7-2-13(23)8-19(22)26-11-16(28)12-27-20-5-3-14(24)9-17(20)18-10-15(25)4-6-21(18)27/h2-10,16,26,28H,11-12H2,1H3/t16-/m0/s1. The first-order chi connectivity index (χ1) is 14.0. The van der Waals surface area contributed by atoms with Gasteiger partial charge in [0, 0.05) is 40.5 Å². The molecule has 0 bridgehead atoms. The lowest BCUT2D eigenvalue weighted by molar-refractivity contribution is 0.169. The second-order valence-corrected chi connectivity index (χ2v) is 9.74. The lowest BCUT2D eigenvalue weighted by Gasteiger charge is -2.17. The first kappa shape index (κ1) is 21.0. The van der Waals surface area contributed by atoms with Gasteiger partial charge >= 0.3 is 0 Å². The minimum Gasteiger partial charge on any atom is -0.495 e. The molecule has 4 aromatic rings. The van der Waals surface area contributed by atoms with E-state index in [-0.39, 0.29) is 0 Å². The fourth-order valence-corrected chi connectivity index (χ4v) is 4.72. The Labute approximate surface area is 201 Å². The summed E-state index contributed by atoms with van der Waals surface area (Å²) in [6.45, 7) is 0.865.